The number of rotatable bonds is 5. The Morgan fingerprint density at radius 2 is 1.75 bits per heavy atom. The number of carboxylic acid groups (broad SMARTS) is 1. The summed E-state index contributed by atoms with van der Waals surface area (Å²) in [6, 6.07) is 0.738. The van der Waals surface area contributed by atoms with Crippen molar-refractivity contribution in [3.8, 4) is 0 Å². The summed E-state index contributed by atoms with van der Waals surface area (Å²) in [5.41, 5.74) is 0.114. The number of nitrogens with one attached hydrogen (secondary N) is 2. The van der Waals surface area contributed by atoms with Crippen LogP contribution >= 0.6 is 34.8 Å². The van der Waals surface area contributed by atoms with Crippen LogP contribution in [0, 0.1) is 0 Å². The van der Waals surface area contributed by atoms with Gasteiger partial charge in [0.15, 0.2) is 0 Å². The van der Waals surface area contributed by atoms with Crippen molar-refractivity contribution in [1.82, 2.24) is 5.32 Å². The number of aliphatic hydroxyl groups is 1. The smallest absolute Gasteiger partial charge is 0.326 e. The SMILES string of the molecule is O=C(Nc1c(Cl)cc(Cl)cc1Cl)NC(CCO)C(=O)O. The number of carbonyl (C=O) groups excluding carboxylic acids is 1. The van der Waals surface area contributed by atoms with Crippen molar-refractivity contribution >= 4 is 52.5 Å². The molecule has 1 atom stereocenters. The molecular formula is C11H11Cl3N2O4. The highest BCUT2D eigenvalue weighted by atomic mass is 35.5. The summed E-state index contributed by atoms with van der Waals surface area (Å²) in [6.45, 7) is -0.375. The zero-order chi connectivity index (χ0) is 15.3. The van der Waals surface area contributed by atoms with Crippen molar-refractivity contribution in [2.24, 2.45) is 0 Å². The Morgan fingerprint density at radius 3 is 2.20 bits per heavy atom. The van der Waals surface area contributed by atoms with Gasteiger partial charge < -0.3 is 20.8 Å². The molecule has 0 fully saturated rings. The minimum Gasteiger partial charge on any atom is -0.480 e. The van der Waals surface area contributed by atoms with Crippen molar-refractivity contribution in [3.05, 3.63) is 27.2 Å². The average molecular weight is 342 g/mol. The Kier molecular flexibility index (Phi) is 6.35. The summed E-state index contributed by atoms with van der Waals surface area (Å²) in [5, 5.41) is 22.6. The molecule has 0 aliphatic heterocycles. The quantitative estimate of drug-likeness (QED) is 0.661. The zero-order valence-corrected chi connectivity index (χ0v) is 12.3. The number of carboxylic acids is 1. The summed E-state index contributed by atoms with van der Waals surface area (Å²) in [7, 11) is 0. The second kappa shape index (κ2) is 7.54. The van der Waals surface area contributed by atoms with Crippen LogP contribution < -0.4 is 10.6 Å². The van der Waals surface area contributed by atoms with Crippen LogP contribution in [0.15, 0.2) is 12.1 Å². The number of hydrogen-bond donors (Lipinski definition) is 4. The molecule has 2 amide bonds. The van der Waals surface area contributed by atoms with Gasteiger partial charge in [-0.3, -0.25) is 0 Å². The van der Waals surface area contributed by atoms with E-state index in [-0.39, 0.29) is 28.8 Å². The molecule has 0 aliphatic rings. The van der Waals surface area contributed by atoms with Crippen molar-refractivity contribution in [2.75, 3.05) is 11.9 Å². The third-order valence-corrected chi connectivity index (χ3v) is 3.08. The van der Waals surface area contributed by atoms with Gasteiger partial charge in [-0.15, -0.1) is 0 Å². The fourth-order valence-electron chi connectivity index (χ4n) is 1.36. The van der Waals surface area contributed by atoms with Crippen LogP contribution in [0.5, 0.6) is 0 Å². The molecule has 0 aromatic heterocycles. The Hall–Kier alpha value is -1.21. The first kappa shape index (κ1) is 16.8. The summed E-state index contributed by atoms with van der Waals surface area (Å²) in [6.07, 6.45) is -0.120. The van der Waals surface area contributed by atoms with Gasteiger partial charge in [-0.2, -0.15) is 0 Å². The van der Waals surface area contributed by atoms with E-state index in [2.05, 4.69) is 10.6 Å². The highest BCUT2D eigenvalue weighted by molar-refractivity contribution is 6.42. The normalized spacial score (nSPS) is 11.8. The lowest BCUT2D eigenvalue weighted by molar-refractivity contribution is -0.139. The molecule has 110 valence electrons. The number of aliphatic hydroxyl groups excluding tert-OH is 1. The van der Waals surface area contributed by atoms with Crippen molar-refractivity contribution < 1.29 is 19.8 Å². The van der Waals surface area contributed by atoms with Crippen LogP contribution in [0.3, 0.4) is 0 Å². The third-order valence-electron chi connectivity index (χ3n) is 2.27. The first-order valence-corrected chi connectivity index (χ1v) is 6.54. The predicted octanol–water partition coefficient (Wildman–Crippen LogP) is 2.60. The zero-order valence-electron chi connectivity index (χ0n) is 9.99. The molecule has 0 radical (unpaired) electrons. The van der Waals surface area contributed by atoms with E-state index in [0.717, 1.165) is 0 Å². The summed E-state index contributed by atoms with van der Waals surface area (Å²) in [5.74, 6) is -1.26. The van der Waals surface area contributed by atoms with Gasteiger partial charge in [-0.25, -0.2) is 9.59 Å². The monoisotopic (exact) mass is 340 g/mol. The van der Waals surface area contributed by atoms with Gasteiger partial charge in [0.25, 0.3) is 0 Å². The number of aliphatic carboxylic acids is 1. The molecule has 0 saturated carbocycles. The van der Waals surface area contributed by atoms with Gasteiger partial charge >= 0.3 is 12.0 Å². The summed E-state index contributed by atoms with van der Waals surface area (Å²) in [4.78, 5) is 22.5. The molecule has 20 heavy (non-hydrogen) atoms. The maximum Gasteiger partial charge on any atom is 0.326 e. The first-order valence-electron chi connectivity index (χ1n) is 5.41. The molecule has 1 aromatic carbocycles. The van der Waals surface area contributed by atoms with Crippen molar-refractivity contribution in [2.45, 2.75) is 12.5 Å². The number of carbonyl (C=O) groups is 2. The van der Waals surface area contributed by atoms with E-state index in [1.54, 1.807) is 0 Å². The van der Waals surface area contributed by atoms with Crippen LogP contribution in [-0.4, -0.2) is 34.9 Å². The summed E-state index contributed by atoms with van der Waals surface area (Å²) < 4.78 is 0. The van der Waals surface area contributed by atoms with E-state index >= 15 is 0 Å². The number of urea groups is 1. The molecule has 0 saturated heterocycles. The molecule has 0 heterocycles. The molecule has 1 aromatic rings. The van der Waals surface area contributed by atoms with Crippen LogP contribution in [0.25, 0.3) is 0 Å². The number of halogens is 3. The molecule has 0 aliphatic carbocycles. The van der Waals surface area contributed by atoms with Gasteiger partial charge in [0.1, 0.15) is 6.04 Å². The minimum atomic E-state index is -1.26. The third kappa shape index (κ3) is 4.72. The molecule has 1 unspecified atom stereocenters. The Morgan fingerprint density at radius 1 is 1.20 bits per heavy atom. The second-order valence-electron chi connectivity index (χ2n) is 3.75. The van der Waals surface area contributed by atoms with Crippen LogP contribution in [0.4, 0.5) is 10.5 Å². The van der Waals surface area contributed by atoms with E-state index in [9.17, 15) is 9.59 Å². The number of anilines is 1. The minimum absolute atomic E-state index is 0.114. The molecule has 4 N–H and O–H groups in total. The first-order chi connectivity index (χ1) is 9.35. The lowest BCUT2D eigenvalue weighted by atomic mass is 10.2. The number of amides is 2. The molecule has 1 rings (SSSR count). The van der Waals surface area contributed by atoms with Crippen molar-refractivity contribution in [3.63, 3.8) is 0 Å². The van der Waals surface area contributed by atoms with Crippen LogP contribution in [0.1, 0.15) is 6.42 Å². The Bertz CT molecular complexity index is 501. The average Bonchev–Trinajstić information content (AvgIpc) is 2.33. The molecule has 0 spiro atoms. The molecule has 6 nitrogen and oxygen atoms in total. The van der Waals surface area contributed by atoms with Crippen LogP contribution in [0.2, 0.25) is 15.1 Å². The molecular weight excluding hydrogens is 330 g/mol. The van der Waals surface area contributed by atoms with Gasteiger partial charge in [0, 0.05) is 18.1 Å². The lowest BCUT2D eigenvalue weighted by Gasteiger charge is -2.15. The standard InChI is InChI=1S/C11H11Cl3N2O4/c12-5-3-6(13)9(7(14)4-5)16-11(20)15-8(1-2-17)10(18)19/h3-4,8,17H,1-2H2,(H,18,19)(H2,15,16,20). The predicted molar refractivity (Wildman–Crippen MR) is 76.8 cm³/mol. The second-order valence-corrected chi connectivity index (χ2v) is 5.00. The van der Waals surface area contributed by atoms with Gasteiger partial charge in [-0.05, 0) is 12.1 Å². The van der Waals surface area contributed by atoms with Gasteiger partial charge in [0.05, 0.1) is 15.7 Å². The lowest BCUT2D eigenvalue weighted by Crippen LogP contribution is -2.43. The maximum absolute atomic E-state index is 11.7. The fourth-order valence-corrected chi connectivity index (χ4v) is 2.27. The van der Waals surface area contributed by atoms with Crippen molar-refractivity contribution in [1.29, 1.82) is 0 Å². The van der Waals surface area contributed by atoms with Gasteiger partial charge in [-0.1, -0.05) is 34.8 Å². The fraction of sp³-hybridized carbons (Fsp3) is 0.273. The van der Waals surface area contributed by atoms with E-state index in [4.69, 9.17) is 45.0 Å². The Balaban J connectivity index is 2.78. The number of hydrogen-bond acceptors (Lipinski definition) is 3. The highest BCUT2D eigenvalue weighted by Gasteiger charge is 2.20. The Labute approximate surface area is 129 Å². The van der Waals surface area contributed by atoms with E-state index < -0.39 is 18.0 Å². The van der Waals surface area contributed by atoms with Gasteiger partial charge in [0.2, 0.25) is 0 Å². The highest BCUT2D eigenvalue weighted by Crippen LogP contribution is 2.33. The molecule has 9 heteroatoms. The topological polar surface area (TPSA) is 98.7 Å². The van der Waals surface area contributed by atoms with E-state index in [1.165, 1.54) is 12.1 Å². The van der Waals surface area contributed by atoms with E-state index in [1.807, 2.05) is 0 Å². The van der Waals surface area contributed by atoms with E-state index in [0.29, 0.717) is 5.02 Å². The van der Waals surface area contributed by atoms with Crippen LogP contribution in [-0.2, 0) is 4.79 Å². The number of benzene rings is 1. The summed E-state index contributed by atoms with van der Waals surface area (Å²) >= 11 is 17.5. The molecule has 0 bridgehead atoms. The maximum atomic E-state index is 11.7. The largest absolute Gasteiger partial charge is 0.480 e.